The highest BCUT2D eigenvalue weighted by Crippen LogP contribution is 2.31. The molecule has 0 atom stereocenters. The molecule has 3 rings (SSSR count). The Morgan fingerprint density at radius 1 is 0.947 bits per heavy atom. The molecule has 0 fully saturated rings. The lowest BCUT2D eigenvalue weighted by molar-refractivity contribution is 0.343. The van der Waals surface area contributed by atoms with Crippen molar-refractivity contribution in [2.24, 2.45) is 0 Å². The fourth-order valence-corrected chi connectivity index (χ4v) is 2.74. The largest absolute Gasteiger partial charge is 0.340 e. The quantitative estimate of drug-likeness (QED) is 0.765. The molecule has 0 aromatic heterocycles. The molecule has 1 heterocycles. The average Bonchev–Trinajstić information content (AvgIpc) is 2.57. The van der Waals surface area contributed by atoms with Crippen molar-refractivity contribution in [1.82, 2.24) is 4.90 Å². The summed E-state index contributed by atoms with van der Waals surface area (Å²) in [6, 6.07) is 17.5. The van der Waals surface area contributed by atoms with Gasteiger partial charge in [0.2, 0.25) is 0 Å². The maximum absolute atomic E-state index is 2.43. The molecule has 2 nitrogen and oxygen atoms in total. The maximum atomic E-state index is 2.43. The van der Waals surface area contributed by atoms with Crippen molar-refractivity contribution in [3.05, 3.63) is 59.7 Å². The fourth-order valence-electron chi connectivity index (χ4n) is 2.74. The van der Waals surface area contributed by atoms with E-state index in [2.05, 4.69) is 72.3 Å². The second kappa shape index (κ2) is 5.06. The molecule has 98 valence electrons. The molecule has 0 saturated carbocycles. The Labute approximate surface area is 115 Å². The first kappa shape index (κ1) is 12.2. The Morgan fingerprint density at radius 3 is 2.53 bits per heavy atom. The van der Waals surface area contributed by atoms with Crippen molar-refractivity contribution < 1.29 is 0 Å². The maximum Gasteiger partial charge on any atom is 0.0457 e. The molecule has 1 aliphatic heterocycles. The van der Waals surface area contributed by atoms with Gasteiger partial charge in [-0.05, 0) is 37.7 Å². The molecule has 0 unspecified atom stereocenters. The number of anilines is 2. The summed E-state index contributed by atoms with van der Waals surface area (Å²) in [7, 11) is 2.20. The predicted molar refractivity (Wildman–Crippen MR) is 81.0 cm³/mol. The SMILES string of the molecule is Cc1ccc2c(c1)CN(C)CCN2c1ccccc1. The molecule has 0 amide bonds. The van der Waals surface area contributed by atoms with E-state index in [4.69, 9.17) is 0 Å². The van der Waals surface area contributed by atoms with Crippen LogP contribution in [0.1, 0.15) is 11.1 Å². The van der Waals surface area contributed by atoms with Gasteiger partial charge in [0.05, 0.1) is 0 Å². The van der Waals surface area contributed by atoms with Crippen LogP contribution in [0.2, 0.25) is 0 Å². The monoisotopic (exact) mass is 252 g/mol. The summed E-state index contributed by atoms with van der Waals surface area (Å²) in [5, 5.41) is 0. The van der Waals surface area contributed by atoms with Crippen molar-refractivity contribution >= 4 is 11.4 Å². The Hall–Kier alpha value is -1.80. The van der Waals surface area contributed by atoms with Crippen molar-refractivity contribution in [2.45, 2.75) is 13.5 Å². The van der Waals surface area contributed by atoms with Crippen LogP contribution in [0, 0.1) is 6.92 Å². The number of aryl methyl sites for hydroxylation is 1. The summed E-state index contributed by atoms with van der Waals surface area (Å²) in [4.78, 5) is 4.82. The van der Waals surface area contributed by atoms with Gasteiger partial charge in [-0.2, -0.15) is 0 Å². The lowest BCUT2D eigenvalue weighted by Crippen LogP contribution is -2.26. The zero-order valence-electron chi connectivity index (χ0n) is 11.6. The normalized spacial score (nSPS) is 16.0. The van der Waals surface area contributed by atoms with Gasteiger partial charge in [-0.3, -0.25) is 0 Å². The van der Waals surface area contributed by atoms with Crippen molar-refractivity contribution in [3.63, 3.8) is 0 Å². The zero-order chi connectivity index (χ0) is 13.2. The fraction of sp³-hybridized carbons (Fsp3) is 0.294. The first-order valence-electron chi connectivity index (χ1n) is 6.85. The van der Waals surface area contributed by atoms with Crippen molar-refractivity contribution in [3.8, 4) is 0 Å². The van der Waals surface area contributed by atoms with E-state index in [0.717, 1.165) is 19.6 Å². The number of para-hydroxylation sites is 1. The lowest BCUT2D eigenvalue weighted by Gasteiger charge is -2.25. The summed E-state index contributed by atoms with van der Waals surface area (Å²) >= 11 is 0. The summed E-state index contributed by atoms with van der Waals surface area (Å²) in [5.41, 5.74) is 5.38. The highest BCUT2D eigenvalue weighted by molar-refractivity contribution is 5.67. The zero-order valence-corrected chi connectivity index (χ0v) is 11.6. The topological polar surface area (TPSA) is 6.48 Å². The molecule has 2 heteroatoms. The van der Waals surface area contributed by atoms with Gasteiger partial charge in [-0.15, -0.1) is 0 Å². The number of benzene rings is 2. The van der Waals surface area contributed by atoms with E-state index in [0.29, 0.717) is 0 Å². The van der Waals surface area contributed by atoms with Gasteiger partial charge in [0.1, 0.15) is 0 Å². The van der Waals surface area contributed by atoms with Gasteiger partial charge in [0, 0.05) is 31.0 Å². The van der Waals surface area contributed by atoms with E-state index >= 15 is 0 Å². The van der Waals surface area contributed by atoms with E-state index < -0.39 is 0 Å². The minimum atomic E-state index is 1.03. The van der Waals surface area contributed by atoms with E-state index in [1.807, 2.05) is 0 Å². The summed E-state index contributed by atoms with van der Waals surface area (Å²) in [6.07, 6.45) is 0. The molecule has 1 aliphatic rings. The smallest absolute Gasteiger partial charge is 0.0457 e. The van der Waals surface area contributed by atoms with Crippen LogP contribution in [-0.2, 0) is 6.54 Å². The van der Waals surface area contributed by atoms with Crippen LogP contribution in [0.5, 0.6) is 0 Å². The number of hydrogen-bond acceptors (Lipinski definition) is 2. The van der Waals surface area contributed by atoms with Gasteiger partial charge >= 0.3 is 0 Å². The third kappa shape index (κ3) is 2.49. The van der Waals surface area contributed by atoms with Crippen LogP contribution in [-0.4, -0.2) is 25.0 Å². The van der Waals surface area contributed by atoms with E-state index in [1.165, 1.54) is 22.5 Å². The second-order valence-electron chi connectivity index (χ2n) is 5.36. The van der Waals surface area contributed by atoms with Crippen LogP contribution < -0.4 is 4.90 Å². The molecular weight excluding hydrogens is 232 g/mol. The van der Waals surface area contributed by atoms with Crippen molar-refractivity contribution in [2.75, 3.05) is 25.0 Å². The number of likely N-dealkylation sites (N-methyl/N-ethyl adjacent to an activating group) is 1. The minimum Gasteiger partial charge on any atom is -0.340 e. The molecule has 2 aromatic carbocycles. The third-order valence-corrected chi connectivity index (χ3v) is 3.74. The standard InChI is InChI=1S/C17H20N2/c1-14-8-9-17-15(12-14)13-18(2)10-11-19(17)16-6-4-3-5-7-16/h3-9,12H,10-11,13H2,1-2H3. The minimum absolute atomic E-state index is 1.03. The molecule has 0 bridgehead atoms. The predicted octanol–water partition coefficient (Wildman–Crippen LogP) is 3.58. The summed E-state index contributed by atoms with van der Waals surface area (Å²) in [5.74, 6) is 0. The Balaban J connectivity index is 2.07. The van der Waals surface area contributed by atoms with E-state index in [1.54, 1.807) is 0 Å². The summed E-state index contributed by atoms with van der Waals surface area (Å²) < 4.78 is 0. The molecule has 0 aliphatic carbocycles. The van der Waals surface area contributed by atoms with Crippen LogP contribution in [0.4, 0.5) is 11.4 Å². The van der Waals surface area contributed by atoms with Crippen LogP contribution in [0.25, 0.3) is 0 Å². The van der Waals surface area contributed by atoms with Gasteiger partial charge < -0.3 is 9.80 Å². The molecule has 19 heavy (non-hydrogen) atoms. The van der Waals surface area contributed by atoms with Gasteiger partial charge in [0.15, 0.2) is 0 Å². The van der Waals surface area contributed by atoms with Crippen LogP contribution in [0.15, 0.2) is 48.5 Å². The first-order valence-corrected chi connectivity index (χ1v) is 6.85. The average molecular weight is 252 g/mol. The summed E-state index contributed by atoms with van der Waals surface area (Å²) in [6.45, 7) is 5.32. The van der Waals surface area contributed by atoms with Gasteiger partial charge in [-0.25, -0.2) is 0 Å². The number of nitrogens with zero attached hydrogens (tertiary/aromatic N) is 2. The second-order valence-corrected chi connectivity index (χ2v) is 5.36. The highest BCUT2D eigenvalue weighted by atomic mass is 15.2. The highest BCUT2D eigenvalue weighted by Gasteiger charge is 2.18. The van der Waals surface area contributed by atoms with Crippen LogP contribution in [0.3, 0.4) is 0 Å². The van der Waals surface area contributed by atoms with Gasteiger partial charge in [-0.1, -0.05) is 35.9 Å². The van der Waals surface area contributed by atoms with E-state index in [-0.39, 0.29) is 0 Å². The Bertz CT molecular complexity index is 563. The molecule has 0 saturated heterocycles. The van der Waals surface area contributed by atoms with Crippen LogP contribution >= 0.6 is 0 Å². The third-order valence-electron chi connectivity index (χ3n) is 3.74. The van der Waals surface area contributed by atoms with Crippen molar-refractivity contribution in [1.29, 1.82) is 0 Å². The first-order chi connectivity index (χ1) is 9.24. The molecule has 0 N–H and O–H groups in total. The Morgan fingerprint density at radius 2 is 1.74 bits per heavy atom. The molecule has 2 aromatic rings. The molecule has 0 radical (unpaired) electrons. The molecular formula is C17H20N2. The number of rotatable bonds is 1. The lowest BCUT2D eigenvalue weighted by atomic mass is 10.1. The number of fused-ring (bicyclic) bond motifs is 1. The van der Waals surface area contributed by atoms with E-state index in [9.17, 15) is 0 Å². The Kier molecular flexibility index (Phi) is 3.26. The van der Waals surface area contributed by atoms with Gasteiger partial charge in [0.25, 0.3) is 0 Å². The number of hydrogen-bond donors (Lipinski definition) is 0. The molecule has 0 spiro atoms.